The first-order valence-electron chi connectivity index (χ1n) is 5.78. The summed E-state index contributed by atoms with van der Waals surface area (Å²) in [6.07, 6.45) is 6.21. The maximum atomic E-state index is 4.31. The maximum absolute atomic E-state index is 4.31. The summed E-state index contributed by atoms with van der Waals surface area (Å²) in [4.78, 5) is 4.31. The van der Waals surface area contributed by atoms with Crippen molar-refractivity contribution in [3.05, 3.63) is 12.4 Å². The average Bonchev–Trinajstić information content (AvgIpc) is 2.57. The molecule has 0 bridgehead atoms. The molecule has 0 aliphatic rings. The van der Waals surface area contributed by atoms with Crippen LogP contribution in [0, 0.1) is 5.41 Å². The van der Waals surface area contributed by atoms with Crippen molar-refractivity contribution in [2.24, 2.45) is 5.41 Å². The predicted octanol–water partition coefficient (Wildman–Crippen LogP) is 3.14. The zero-order valence-corrected chi connectivity index (χ0v) is 10.4. The Morgan fingerprint density at radius 1 is 1.40 bits per heavy atom. The smallest absolute Gasteiger partial charge is 0.202 e. The number of anilines is 1. The van der Waals surface area contributed by atoms with Gasteiger partial charge >= 0.3 is 0 Å². The lowest BCUT2D eigenvalue weighted by atomic mass is 9.92. The van der Waals surface area contributed by atoms with E-state index in [1.54, 1.807) is 0 Å². The van der Waals surface area contributed by atoms with Crippen LogP contribution < -0.4 is 5.32 Å². The summed E-state index contributed by atoms with van der Waals surface area (Å²) in [6, 6.07) is 0. The van der Waals surface area contributed by atoms with Gasteiger partial charge in [-0.25, -0.2) is 4.98 Å². The van der Waals surface area contributed by atoms with Crippen molar-refractivity contribution in [3.63, 3.8) is 0 Å². The molecule has 0 aliphatic carbocycles. The first-order valence-corrected chi connectivity index (χ1v) is 5.78. The van der Waals surface area contributed by atoms with Gasteiger partial charge in [0.25, 0.3) is 0 Å². The van der Waals surface area contributed by atoms with E-state index in [-0.39, 0.29) is 0 Å². The highest BCUT2D eigenvalue weighted by molar-refractivity contribution is 5.25. The molecule has 0 spiro atoms. The number of hydrogen-bond donors (Lipinski definition) is 1. The van der Waals surface area contributed by atoms with Crippen molar-refractivity contribution in [3.8, 4) is 0 Å². The van der Waals surface area contributed by atoms with Crippen LogP contribution in [-0.2, 0) is 6.54 Å². The molecular formula is C12H23N3. The fraction of sp³-hybridized carbons (Fsp3) is 0.750. The lowest BCUT2D eigenvalue weighted by molar-refractivity contribution is 0.351. The molecule has 0 amide bonds. The summed E-state index contributed by atoms with van der Waals surface area (Å²) in [6.45, 7) is 11.0. The van der Waals surface area contributed by atoms with E-state index in [1.807, 2.05) is 12.4 Å². The van der Waals surface area contributed by atoms with Gasteiger partial charge in [0.15, 0.2) is 0 Å². The highest BCUT2D eigenvalue weighted by Gasteiger charge is 2.11. The monoisotopic (exact) mass is 209 g/mol. The minimum Gasteiger partial charge on any atom is -0.356 e. The largest absolute Gasteiger partial charge is 0.356 e. The van der Waals surface area contributed by atoms with Gasteiger partial charge in [-0.1, -0.05) is 27.7 Å². The van der Waals surface area contributed by atoms with Gasteiger partial charge in [-0.15, -0.1) is 0 Å². The van der Waals surface area contributed by atoms with Crippen LogP contribution in [0.15, 0.2) is 12.4 Å². The third-order valence-corrected chi connectivity index (χ3v) is 2.35. The number of nitrogens with zero attached hydrogens (tertiary/aromatic N) is 2. The van der Waals surface area contributed by atoms with Crippen LogP contribution in [0.5, 0.6) is 0 Å². The molecule has 1 aromatic rings. The number of rotatable bonds is 5. The van der Waals surface area contributed by atoms with Crippen molar-refractivity contribution in [1.29, 1.82) is 0 Å². The second-order valence-corrected chi connectivity index (χ2v) is 5.18. The van der Waals surface area contributed by atoms with E-state index in [4.69, 9.17) is 0 Å². The Morgan fingerprint density at radius 3 is 2.73 bits per heavy atom. The summed E-state index contributed by atoms with van der Waals surface area (Å²) in [7, 11) is 0. The second-order valence-electron chi connectivity index (χ2n) is 5.18. The van der Waals surface area contributed by atoms with Gasteiger partial charge < -0.3 is 9.88 Å². The Hall–Kier alpha value is -0.990. The van der Waals surface area contributed by atoms with E-state index in [0.29, 0.717) is 5.41 Å². The van der Waals surface area contributed by atoms with E-state index < -0.39 is 0 Å². The molecule has 0 aromatic carbocycles. The molecule has 0 aliphatic heterocycles. The molecule has 0 saturated carbocycles. The molecule has 0 radical (unpaired) electrons. The van der Waals surface area contributed by atoms with Crippen LogP contribution in [0.1, 0.15) is 40.5 Å². The van der Waals surface area contributed by atoms with Crippen molar-refractivity contribution in [1.82, 2.24) is 9.55 Å². The fourth-order valence-electron chi connectivity index (χ4n) is 1.35. The van der Waals surface area contributed by atoms with Crippen LogP contribution in [0.25, 0.3) is 0 Å². The topological polar surface area (TPSA) is 29.9 Å². The van der Waals surface area contributed by atoms with Gasteiger partial charge in [-0.3, -0.25) is 0 Å². The summed E-state index contributed by atoms with van der Waals surface area (Å²) in [5.74, 6) is 1.00. The van der Waals surface area contributed by atoms with Crippen LogP contribution in [0.4, 0.5) is 5.95 Å². The van der Waals surface area contributed by atoms with Crippen LogP contribution >= 0.6 is 0 Å². The maximum Gasteiger partial charge on any atom is 0.202 e. The first-order chi connectivity index (χ1) is 7.03. The SMILES string of the molecule is CCCNc1nccn1CCC(C)(C)C. The van der Waals surface area contributed by atoms with Crippen molar-refractivity contribution < 1.29 is 0 Å². The number of imidazole rings is 1. The molecule has 0 saturated heterocycles. The molecule has 1 N–H and O–H groups in total. The summed E-state index contributed by atoms with van der Waals surface area (Å²) in [5.41, 5.74) is 0.381. The molecule has 0 atom stereocenters. The number of aryl methyl sites for hydroxylation is 1. The zero-order chi connectivity index (χ0) is 11.3. The molecule has 1 rings (SSSR count). The fourth-order valence-corrected chi connectivity index (χ4v) is 1.35. The van der Waals surface area contributed by atoms with Gasteiger partial charge in [0.05, 0.1) is 0 Å². The Kier molecular flexibility index (Phi) is 4.18. The second kappa shape index (κ2) is 5.19. The van der Waals surface area contributed by atoms with Gasteiger partial charge in [0, 0.05) is 25.5 Å². The average molecular weight is 209 g/mol. The lowest BCUT2D eigenvalue weighted by Gasteiger charge is -2.19. The minimum absolute atomic E-state index is 0.381. The number of hydrogen-bond acceptors (Lipinski definition) is 2. The molecule has 86 valence electrons. The number of aromatic nitrogens is 2. The molecule has 1 aromatic heterocycles. The van der Waals surface area contributed by atoms with Crippen molar-refractivity contribution in [2.45, 2.75) is 47.1 Å². The molecule has 0 unspecified atom stereocenters. The highest BCUT2D eigenvalue weighted by atomic mass is 15.2. The number of nitrogens with one attached hydrogen (secondary N) is 1. The molecule has 3 nitrogen and oxygen atoms in total. The first kappa shape index (κ1) is 12.1. The molecule has 15 heavy (non-hydrogen) atoms. The van der Waals surface area contributed by atoms with E-state index in [9.17, 15) is 0 Å². The highest BCUT2D eigenvalue weighted by Crippen LogP contribution is 2.20. The third kappa shape index (κ3) is 4.36. The van der Waals surface area contributed by atoms with E-state index in [0.717, 1.165) is 25.5 Å². The molecule has 3 heteroatoms. The van der Waals surface area contributed by atoms with E-state index in [2.05, 4.69) is 42.6 Å². The standard InChI is InChI=1S/C12H23N3/c1-5-7-13-11-14-8-10-15(11)9-6-12(2,3)4/h8,10H,5-7,9H2,1-4H3,(H,13,14). The van der Waals surface area contributed by atoms with Gasteiger partial charge in [-0.2, -0.15) is 0 Å². The van der Waals surface area contributed by atoms with Crippen molar-refractivity contribution in [2.75, 3.05) is 11.9 Å². The Morgan fingerprint density at radius 2 is 2.13 bits per heavy atom. The van der Waals surface area contributed by atoms with Crippen molar-refractivity contribution >= 4 is 5.95 Å². The summed E-state index contributed by atoms with van der Waals surface area (Å²) < 4.78 is 2.20. The minimum atomic E-state index is 0.381. The lowest BCUT2D eigenvalue weighted by Crippen LogP contribution is -2.13. The van der Waals surface area contributed by atoms with E-state index in [1.165, 1.54) is 6.42 Å². The summed E-state index contributed by atoms with van der Waals surface area (Å²) in [5, 5.41) is 3.33. The van der Waals surface area contributed by atoms with Gasteiger partial charge in [0.1, 0.15) is 0 Å². The molecule has 0 fully saturated rings. The quantitative estimate of drug-likeness (QED) is 0.807. The van der Waals surface area contributed by atoms with Gasteiger partial charge in [-0.05, 0) is 18.3 Å². The molecule has 1 heterocycles. The van der Waals surface area contributed by atoms with Crippen LogP contribution in [-0.4, -0.2) is 16.1 Å². The van der Waals surface area contributed by atoms with Gasteiger partial charge in [0.2, 0.25) is 5.95 Å². The predicted molar refractivity (Wildman–Crippen MR) is 65.1 cm³/mol. The normalized spacial score (nSPS) is 11.7. The summed E-state index contributed by atoms with van der Waals surface area (Å²) >= 11 is 0. The van der Waals surface area contributed by atoms with Crippen LogP contribution in [0.2, 0.25) is 0 Å². The third-order valence-electron chi connectivity index (χ3n) is 2.35. The zero-order valence-electron chi connectivity index (χ0n) is 10.4. The Balaban J connectivity index is 2.50. The Labute approximate surface area is 92.9 Å². The molecular weight excluding hydrogens is 186 g/mol. The Bertz CT molecular complexity index is 283. The van der Waals surface area contributed by atoms with Crippen LogP contribution in [0.3, 0.4) is 0 Å². The van der Waals surface area contributed by atoms with E-state index >= 15 is 0 Å².